The van der Waals surface area contributed by atoms with Crippen LogP contribution in [0.25, 0.3) is 11.1 Å². The fourth-order valence-electron chi connectivity index (χ4n) is 1.79. The third kappa shape index (κ3) is 1.34. The van der Waals surface area contributed by atoms with Crippen LogP contribution in [0, 0.1) is 0 Å². The molecule has 0 saturated heterocycles. The summed E-state index contributed by atoms with van der Waals surface area (Å²) in [6.07, 6.45) is 0. The van der Waals surface area contributed by atoms with Crippen molar-refractivity contribution in [1.82, 2.24) is 0 Å². The number of benzene rings is 2. The fraction of sp³-hybridized carbons (Fsp3) is 0.0769. The molecule has 0 atom stereocenters. The third-order valence-corrected chi connectivity index (χ3v) is 2.49. The van der Waals surface area contributed by atoms with Crippen LogP contribution in [0.5, 0.6) is 11.5 Å². The molecule has 3 rings (SSSR count). The van der Waals surface area contributed by atoms with Gasteiger partial charge in [0.1, 0.15) is 11.5 Å². The van der Waals surface area contributed by atoms with Crippen molar-refractivity contribution in [2.75, 3.05) is 6.79 Å². The van der Waals surface area contributed by atoms with Crippen LogP contribution in [0.15, 0.2) is 48.5 Å². The molecule has 0 amide bonds. The second-order valence-corrected chi connectivity index (χ2v) is 3.40. The monoisotopic (exact) mass is 198 g/mol. The highest BCUT2D eigenvalue weighted by Crippen LogP contribution is 2.37. The van der Waals surface area contributed by atoms with Gasteiger partial charge in [0.05, 0.1) is 0 Å². The lowest BCUT2D eigenvalue weighted by Gasteiger charge is -2.05. The van der Waals surface area contributed by atoms with Crippen LogP contribution in [0.1, 0.15) is 0 Å². The Morgan fingerprint density at radius 2 is 1.13 bits per heavy atom. The van der Waals surface area contributed by atoms with E-state index in [2.05, 4.69) is 0 Å². The van der Waals surface area contributed by atoms with Crippen molar-refractivity contribution < 1.29 is 9.47 Å². The Morgan fingerprint density at radius 1 is 0.667 bits per heavy atom. The number of hydrogen-bond donors (Lipinski definition) is 0. The van der Waals surface area contributed by atoms with Gasteiger partial charge in [-0.1, -0.05) is 36.4 Å². The molecule has 0 unspecified atom stereocenters. The summed E-state index contributed by atoms with van der Waals surface area (Å²) in [5.74, 6) is 1.75. The molecule has 0 N–H and O–H groups in total. The molecule has 1 aliphatic heterocycles. The highest BCUT2D eigenvalue weighted by molar-refractivity contribution is 5.76. The van der Waals surface area contributed by atoms with Crippen molar-refractivity contribution in [1.29, 1.82) is 0 Å². The molecule has 0 saturated carbocycles. The van der Waals surface area contributed by atoms with Gasteiger partial charge < -0.3 is 9.47 Å². The van der Waals surface area contributed by atoms with Gasteiger partial charge in [0.2, 0.25) is 6.79 Å². The first-order chi connectivity index (χ1) is 7.45. The Balaban J connectivity index is 2.27. The number of para-hydroxylation sites is 2. The second kappa shape index (κ2) is 3.31. The average Bonchev–Trinajstić information content (AvgIpc) is 2.48. The van der Waals surface area contributed by atoms with Crippen molar-refractivity contribution in [3.63, 3.8) is 0 Å². The van der Waals surface area contributed by atoms with E-state index in [9.17, 15) is 0 Å². The lowest BCUT2D eigenvalue weighted by Crippen LogP contribution is -2.03. The Morgan fingerprint density at radius 3 is 1.67 bits per heavy atom. The van der Waals surface area contributed by atoms with Crippen LogP contribution in [0.4, 0.5) is 0 Å². The zero-order valence-electron chi connectivity index (χ0n) is 8.14. The Labute approximate surface area is 88.1 Å². The summed E-state index contributed by atoms with van der Waals surface area (Å²) in [5, 5.41) is 0. The molecule has 0 fully saturated rings. The zero-order chi connectivity index (χ0) is 10.1. The second-order valence-electron chi connectivity index (χ2n) is 3.40. The summed E-state index contributed by atoms with van der Waals surface area (Å²) < 4.78 is 11.0. The molecule has 0 radical (unpaired) electrons. The maximum atomic E-state index is 5.51. The normalized spacial score (nSPS) is 12.8. The fourth-order valence-corrected chi connectivity index (χ4v) is 1.79. The molecular formula is C13H10O2. The molecular weight excluding hydrogens is 188 g/mol. The Kier molecular flexibility index (Phi) is 1.85. The maximum absolute atomic E-state index is 5.51. The quantitative estimate of drug-likeness (QED) is 0.647. The topological polar surface area (TPSA) is 18.5 Å². The molecule has 0 aliphatic carbocycles. The van der Waals surface area contributed by atoms with E-state index in [0.29, 0.717) is 0 Å². The van der Waals surface area contributed by atoms with Crippen molar-refractivity contribution >= 4 is 0 Å². The lowest BCUT2D eigenvalue weighted by molar-refractivity contribution is 0.125. The predicted octanol–water partition coefficient (Wildman–Crippen LogP) is 3.08. The van der Waals surface area contributed by atoms with Crippen LogP contribution in [0.3, 0.4) is 0 Å². The van der Waals surface area contributed by atoms with E-state index in [-0.39, 0.29) is 6.79 Å². The standard InChI is InChI=1S/C13H10O2/c1-3-7-12-10(5-1)11-6-2-4-8-13(11)15-9-14-12/h1-8H,9H2. The molecule has 2 aromatic carbocycles. The van der Waals surface area contributed by atoms with Gasteiger partial charge >= 0.3 is 0 Å². The van der Waals surface area contributed by atoms with Crippen molar-refractivity contribution in [3.05, 3.63) is 48.5 Å². The van der Waals surface area contributed by atoms with E-state index in [0.717, 1.165) is 22.6 Å². The SMILES string of the molecule is c1ccc2c(c1)OCOc1ccccc1-2. The molecule has 1 heterocycles. The van der Waals surface area contributed by atoms with Crippen LogP contribution < -0.4 is 9.47 Å². The molecule has 2 heteroatoms. The lowest BCUT2D eigenvalue weighted by atomic mass is 10.0. The first kappa shape index (κ1) is 8.36. The van der Waals surface area contributed by atoms with Gasteiger partial charge in [0.15, 0.2) is 0 Å². The molecule has 0 aromatic heterocycles. The molecule has 15 heavy (non-hydrogen) atoms. The van der Waals surface area contributed by atoms with Crippen LogP contribution in [0.2, 0.25) is 0 Å². The van der Waals surface area contributed by atoms with Crippen LogP contribution in [-0.4, -0.2) is 6.79 Å². The molecule has 2 nitrogen and oxygen atoms in total. The zero-order valence-corrected chi connectivity index (χ0v) is 8.14. The van der Waals surface area contributed by atoms with Crippen LogP contribution in [-0.2, 0) is 0 Å². The molecule has 0 spiro atoms. The molecule has 74 valence electrons. The summed E-state index contributed by atoms with van der Waals surface area (Å²) in [5.41, 5.74) is 2.18. The maximum Gasteiger partial charge on any atom is 0.230 e. The number of rotatable bonds is 0. The summed E-state index contributed by atoms with van der Waals surface area (Å²) in [4.78, 5) is 0. The minimum Gasteiger partial charge on any atom is -0.457 e. The van der Waals surface area contributed by atoms with E-state index in [1.165, 1.54) is 0 Å². The van der Waals surface area contributed by atoms with E-state index >= 15 is 0 Å². The molecule has 0 bridgehead atoms. The number of ether oxygens (including phenoxy) is 2. The van der Waals surface area contributed by atoms with Crippen LogP contribution >= 0.6 is 0 Å². The van der Waals surface area contributed by atoms with E-state index in [1.54, 1.807) is 0 Å². The van der Waals surface area contributed by atoms with Crippen molar-refractivity contribution in [2.45, 2.75) is 0 Å². The summed E-state index contributed by atoms with van der Waals surface area (Å²) in [7, 11) is 0. The van der Waals surface area contributed by atoms with Gasteiger partial charge in [-0.05, 0) is 12.1 Å². The van der Waals surface area contributed by atoms with Gasteiger partial charge in [0.25, 0.3) is 0 Å². The Hall–Kier alpha value is -1.96. The highest BCUT2D eigenvalue weighted by atomic mass is 16.7. The molecule has 2 aromatic rings. The summed E-state index contributed by atoms with van der Waals surface area (Å²) in [6, 6.07) is 15.9. The minimum absolute atomic E-state index is 0.272. The molecule has 1 aliphatic rings. The van der Waals surface area contributed by atoms with Gasteiger partial charge in [-0.3, -0.25) is 0 Å². The smallest absolute Gasteiger partial charge is 0.230 e. The first-order valence-corrected chi connectivity index (χ1v) is 4.89. The summed E-state index contributed by atoms with van der Waals surface area (Å²) >= 11 is 0. The van der Waals surface area contributed by atoms with Gasteiger partial charge in [-0.2, -0.15) is 0 Å². The van der Waals surface area contributed by atoms with Crippen molar-refractivity contribution in [2.24, 2.45) is 0 Å². The van der Waals surface area contributed by atoms with Gasteiger partial charge in [-0.25, -0.2) is 0 Å². The average molecular weight is 198 g/mol. The number of hydrogen-bond acceptors (Lipinski definition) is 2. The van der Waals surface area contributed by atoms with Gasteiger partial charge in [-0.15, -0.1) is 0 Å². The van der Waals surface area contributed by atoms with Crippen molar-refractivity contribution in [3.8, 4) is 22.6 Å². The first-order valence-electron chi connectivity index (χ1n) is 4.89. The van der Waals surface area contributed by atoms with Gasteiger partial charge in [0, 0.05) is 11.1 Å². The number of fused-ring (bicyclic) bond motifs is 3. The summed E-state index contributed by atoms with van der Waals surface area (Å²) in [6.45, 7) is 0.272. The third-order valence-electron chi connectivity index (χ3n) is 2.49. The predicted molar refractivity (Wildman–Crippen MR) is 58.0 cm³/mol. The van der Waals surface area contributed by atoms with E-state index in [1.807, 2.05) is 48.5 Å². The highest BCUT2D eigenvalue weighted by Gasteiger charge is 2.14. The minimum atomic E-state index is 0.272. The van der Waals surface area contributed by atoms with E-state index in [4.69, 9.17) is 9.47 Å². The van der Waals surface area contributed by atoms with E-state index < -0.39 is 0 Å². The largest absolute Gasteiger partial charge is 0.457 e. The Bertz CT molecular complexity index is 446.